The van der Waals surface area contributed by atoms with E-state index in [1.54, 1.807) is 11.3 Å². The highest BCUT2D eigenvalue weighted by Crippen LogP contribution is 2.30. The molecule has 0 spiro atoms. The minimum atomic E-state index is -0.119. The summed E-state index contributed by atoms with van der Waals surface area (Å²) in [6, 6.07) is 12.1. The second-order valence-corrected chi connectivity index (χ2v) is 8.19. The number of ether oxygens (including phenoxy) is 1. The maximum absolute atomic E-state index is 12.6. The number of rotatable bonds is 7. The number of benzene rings is 1. The van der Waals surface area contributed by atoms with Gasteiger partial charge in [0, 0.05) is 21.1 Å². The van der Waals surface area contributed by atoms with Crippen molar-refractivity contribution >= 4 is 35.1 Å². The molecule has 2 aromatic heterocycles. The van der Waals surface area contributed by atoms with Crippen LogP contribution in [0.3, 0.4) is 0 Å². The van der Waals surface area contributed by atoms with Crippen molar-refractivity contribution < 1.29 is 4.74 Å². The maximum atomic E-state index is 12.6. The Hall–Kier alpha value is -2.30. The van der Waals surface area contributed by atoms with Crippen molar-refractivity contribution in [1.29, 1.82) is 0 Å². The van der Waals surface area contributed by atoms with Gasteiger partial charge in [-0.25, -0.2) is 0 Å². The Labute approximate surface area is 174 Å². The average molecular weight is 414 g/mol. The summed E-state index contributed by atoms with van der Waals surface area (Å²) in [6.45, 7) is 6.62. The van der Waals surface area contributed by atoms with Crippen LogP contribution in [0.25, 0.3) is 22.6 Å². The van der Waals surface area contributed by atoms with Crippen molar-refractivity contribution in [2.75, 3.05) is 6.61 Å². The molecule has 0 aliphatic rings. The van der Waals surface area contributed by atoms with E-state index in [0.29, 0.717) is 11.3 Å². The van der Waals surface area contributed by atoms with Gasteiger partial charge in [-0.05, 0) is 56.2 Å². The van der Waals surface area contributed by atoms with Crippen LogP contribution >= 0.6 is 22.9 Å². The lowest BCUT2D eigenvalue weighted by molar-refractivity contribution is 0.309. The average Bonchev–Trinajstić information content (AvgIpc) is 3.14. The number of aromatic nitrogens is 1. The Kier molecular flexibility index (Phi) is 6.76. The van der Waals surface area contributed by atoms with Crippen molar-refractivity contribution in [2.45, 2.75) is 33.6 Å². The molecule has 0 atom stereocenters. The van der Waals surface area contributed by atoms with Crippen LogP contribution < -0.4 is 10.2 Å². The van der Waals surface area contributed by atoms with Gasteiger partial charge >= 0.3 is 0 Å². The van der Waals surface area contributed by atoms with Gasteiger partial charge in [-0.3, -0.25) is 4.79 Å². The molecular formula is C23H24ClNO2S. The van der Waals surface area contributed by atoms with Gasteiger partial charge in [-0.15, -0.1) is 11.3 Å². The fourth-order valence-electron chi connectivity index (χ4n) is 2.91. The highest BCUT2D eigenvalue weighted by molar-refractivity contribution is 7.16. The summed E-state index contributed by atoms with van der Waals surface area (Å²) in [4.78, 5) is 17.7. The van der Waals surface area contributed by atoms with Crippen LogP contribution in [0, 0.1) is 13.8 Å². The van der Waals surface area contributed by atoms with E-state index in [9.17, 15) is 4.79 Å². The van der Waals surface area contributed by atoms with E-state index >= 15 is 0 Å². The van der Waals surface area contributed by atoms with Crippen molar-refractivity contribution in [3.63, 3.8) is 0 Å². The first kappa shape index (κ1) is 20.4. The molecule has 0 fully saturated rings. The zero-order valence-electron chi connectivity index (χ0n) is 16.3. The fraction of sp³-hybridized carbons (Fsp3) is 0.261. The Balaban J connectivity index is 1.75. The Morgan fingerprint density at radius 2 is 1.82 bits per heavy atom. The van der Waals surface area contributed by atoms with Gasteiger partial charge in [0.15, 0.2) is 0 Å². The first-order valence-electron chi connectivity index (χ1n) is 9.39. The third-order valence-corrected chi connectivity index (χ3v) is 5.99. The summed E-state index contributed by atoms with van der Waals surface area (Å²) in [5.41, 5.74) is 3.17. The molecular weight excluding hydrogens is 390 g/mol. The zero-order valence-corrected chi connectivity index (χ0v) is 17.9. The minimum Gasteiger partial charge on any atom is -0.494 e. The van der Waals surface area contributed by atoms with Crippen molar-refractivity contribution in [3.8, 4) is 16.2 Å². The summed E-state index contributed by atoms with van der Waals surface area (Å²) in [5, 5.41) is 0.257. The topological polar surface area (TPSA) is 42.1 Å². The van der Waals surface area contributed by atoms with Crippen molar-refractivity contribution in [3.05, 3.63) is 73.5 Å². The van der Waals surface area contributed by atoms with E-state index in [1.807, 2.05) is 50.2 Å². The van der Waals surface area contributed by atoms with E-state index in [0.717, 1.165) is 46.2 Å². The molecule has 0 aliphatic carbocycles. The second kappa shape index (κ2) is 9.26. The number of aromatic amines is 1. The van der Waals surface area contributed by atoms with E-state index in [2.05, 4.69) is 24.1 Å². The lowest BCUT2D eigenvalue weighted by Gasteiger charge is -2.06. The van der Waals surface area contributed by atoms with Crippen LogP contribution in [0.2, 0.25) is 5.02 Å². The van der Waals surface area contributed by atoms with Crippen LogP contribution in [0.4, 0.5) is 0 Å². The molecule has 3 aromatic rings. The van der Waals surface area contributed by atoms with Gasteiger partial charge in [0.05, 0.1) is 12.2 Å². The van der Waals surface area contributed by atoms with Gasteiger partial charge in [0.25, 0.3) is 0 Å². The van der Waals surface area contributed by atoms with Gasteiger partial charge in [-0.1, -0.05) is 43.2 Å². The fourth-order valence-corrected chi connectivity index (χ4v) is 4.06. The summed E-state index contributed by atoms with van der Waals surface area (Å²) in [7, 11) is 0. The molecule has 1 N–H and O–H groups in total. The molecule has 0 bridgehead atoms. The molecule has 0 unspecified atom stereocenters. The number of halogens is 1. The minimum absolute atomic E-state index is 0.119. The van der Waals surface area contributed by atoms with Gasteiger partial charge < -0.3 is 9.72 Å². The monoisotopic (exact) mass is 413 g/mol. The Bertz CT molecular complexity index is 1030. The number of hydrogen-bond donors (Lipinski definition) is 1. The maximum Gasteiger partial charge on any atom is 0.209 e. The number of thiophene rings is 1. The van der Waals surface area contributed by atoms with Crippen LogP contribution in [0.15, 0.2) is 41.2 Å². The Morgan fingerprint density at radius 1 is 1.07 bits per heavy atom. The smallest absolute Gasteiger partial charge is 0.209 e. The van der Waals surface area contributed by atoms with E-state index in [-0.39, 0.29) is 10.5 Å². The summed E-state index contributed by atoms with van der Waals surface area (Å²) >= 11 is 7.72. The van der Waals surface area contributed by atoms with Gasteiger partial charge in [0.2, 0.25) is 5.43 Å². The third kappa shape index (κ3) is 4.75. The molecule has 28 heavy (non-hydrogen) atoms. The number of nitrogens with one attached hydrogen (secondary N) is 1. The van der Waals surface area contributed by atoms with E-state index in [4.69, 9.17) is 16.3 Å². The van der Waals surface area contributed by atoms with Crippen LogP contribution in [-0.4, -0.2) is 11.6 Å². The van der Waals surface area contributed by atoms with Crippen LogP contribution in [0.5, 0.6) is 5.75 Å². The predicted octanol–water partition coefficient (Wildman–Crippen LogP) is 6.72. The number of aryl methyl sites for hydroxylation is 2. The lowest BCUT2D eigenvalue weighted by atomic mass is 10.1. The first-order valence-corrected chi connectivity index (χ1v) is 10.6. The molecule has 0 saturated carbocycles. The number of H-pyrrole nitrogens is 1. The van der Waals surface area contributed by atoms with Crippen LogP contribution in [0.1, 0.15) is 41.6 Å². The molecule has 3 rings (SSSR count). The SMILES string of the molecule is CCCCOc1ccc(/C=C/c2ccc(-c3c(C)[nH]c(C)c(Cl)c3=O)s2)cc1. The van der Waals surface area contributed by atoms with Gasteiger partial charge in [-0.2, -0.15) is 0 Å². The normalized spacial score (nSPS) is 11.3. The van der Waals surface area contributed by atoms with Crippen LogP contribution in [-0.2, 0) is 0 Å². The predicted molar refractivity (Wildman–Crippen MR) is 121 cm³/mol. The number of unbranched alkanes of at least 4 members (excludes halogenated alkanes) is 1. The molecule has 1 aromatic carbocycles. The molecule has 146 valence electrons. The van der Waals surface area contributed by atoms with E-state index < -0.39 is 0 Å². The molecule has 0 saturated heterocycles. The molecule has 5 heteroatoms. The standard InChI is InChI=1S/C23H24ClNO2S/c1-4-5-14-27-18-9-6-17(7-10-18)8-11-19-12-13-20(28-19)21-15(2)25-16(3)22(24)23(21)26/h6-13H,4-5,14H2,1-3H3,(H,25,26)/b11-8+. The highest BCUT2D eigenvalue weighted by atomic mass is 35.5. The number of hydrogen-bond acceptors (Lipinski definition) is 3. The van der Waals surface area contributed by atoms with E-state index in [1.165, 1.54) is 0 Å². The summed E-state index contributed by atoms with van der Waals surface area (Å²) in [6.07, 6.45) is 6.31. The second-order valence-electron chi connectivity index (χ2n) is 6.70. The largest absolute Gasteiger partial charge is 0.494 e. The van der Waals surface area contributed by atoms with Crippen molar-refractivity contribution in [2.24, 2.45) is 0 Å². The number of pyridine rings is 1. The molecule has 0 amide bonds. The molecule has 3 nitrogen and oxygen atoms in total. The third-order valence-electron chi connectivity index (χ3n) is 4.47. The highest BCUT2D eigenvalue weighted by Gasteiger charge is 2.14. The van der Waals surface area contributed by atoms with Gasteiger partial charge in [0.1, 0.15) is 10.8 Å². The lowest BCUT2D eigenvalue weighted by Crippen LogP contribution is -2.10. The Morgan fingerprint density at radius 3 is 2.54 bits per heavy atom. The quantitative estimate of drug-likeness (QED) is 0.436. The molecule has 0 aliphatic heterocycles. The zero-order chi connectivity index (χ0) is 20.1. The molecule has 2 heterocycles. The summed E-state index contributed by atoms with van der Waals surface area (Å²) in [5.74, 6) is 0.898. The summed E-state index contributed by atoms with van der Waals surface area (Å²) < 4.78 is 5.69. The molecule has 0 radical (unpaired) electrons. The first-order chi connectivity index (χ1) is 13.5. The van der Waals surface area contributed by atoms with Crippen molar-refractivity contribution in [1.82, 2.24) is 4.98 Å².